The lowest BCUT2D eigenvalue weighted by Crippen LogP contribution is -2.30. The molecule has 0 radical (unpaired) electrons. The van der Waals surface area contributed by atoms with Gasteiger partial charge in [0.05, 0.1) is 16.2 Å². The van der Waals surface area contributed by atoms with Gasteiger partial charge < -0.3 is 9.52 Å². The molecule has 8 nitrogen and oxygen atoms in total. The maximum atomic E-state index is 12.4. The number of thiocarbonyl (C=S) groups is 1. The maximum Gasteiger partial charge on any atom is 0.305 e. The number of nitro groups is 1. The van der Waals surface area contributed by atoms with Crippen molar-refractivity contribution in [3.63, 3.8) is 0 Å². The molecule has 1 aliphatic rings. The minimum absolute atomic E-state index is 0.0174. The van der Waals surface area contributed by atoms with E-state index < -0.39 is 10.9 Å². The molecular weight excluding hydrogens is 392 g/mol. The summed E-state index contributed by atoms with van der Waals surface area (Å²) in [6.45, 7) is 0.0174. The van der Waals surface area contributed by atoms with Crippen LogP contribution in [0.5, 0.6) is 0 Å². The van der Waals surface area contributed by atoms with Crippen LogP contribution in [0.2, 0.25) is 0 Å². The van der Waals surface area contributed by atoms with Crippen LogP contribution in [-0.2, 0) is 9.59 Å². The van der Waals surface area contributed by atoms with Gasteiger partial charge in [-0.1, -0.05) is 24.0 Å². The number of hydrogen-bond acceptors (Lipinski definition) is 7. The Bertz CT molecular complexity index is 964. The fourth-order valence-electron chi connectivity index (χ4n) is 2.36. The number of nitro benzene ring substituents is 1. The van der Waals surface area contributed by atoms with Gasteiger partial charge in [-0.05, 0) is 24.3 Å². The lowest BCUT2D eigenvalue weighted by Gasteiger charge is -2.12. The van der Waals surface area contributed by atoms with Gasteiger partial charge in [-0.25, -0.2) is 0 Å². The molecule has 1 aromatic heterocycles. The van der Waals surface area contributed by atoms with Crippen molar-refractivity contribution >= 4 is 51.9 Å². The number of amides is 1. The Morgan fingerprint density at radius 2 is 2.00 bits per heavy atom. The smallest absolute Gasteiger partial charge is 0.305 e. The summed E-state index contributed by atoms with van der Waals surface area (Å²) in [5, 5.41) is 19.5. The zero-order valence-corrected chi connectivity index (χ0v) is 15.3. The second-order valence-corrected chi connectivity index (χ2v) is 7.16. The molecule has 3 rings (SSSR count). The van der Waals surface area contributed by atoms with Crippen molar-refractivity contribution in [2.75, 3.05) is 6.54 Å². The molecule has 2 aromatic rings. The van der Waals surface area contributed by atoms with Gasteiger partial charge >= 0.3 is 5.97 Å². The fourth-order valence-corrected chi connectivity index (χ4v) is 3.65. The first kappa shape index (κ1) is 18.8. The summed E-state index contributed by atoms with van der Waals surface area (Å²) in [5.41, 5.74) is 0.643. The van der Waals surface area contributed by atoms with Crippen LogP contribution in [-0.4, -0.2) is 37.7 Å². The largest absolute Gasteiger partial charge is 0.481 e. The highest BCUT2D eigenvalue weighted by Gasteiger charge is 2.32. The summed E-state index contributed by atoms with van der Waals surface area (Å²) in [7, 11) is 0. The summed E-state index contributed by atoms with van der Waals surface area (Å²) < 4.78 is 5.98. The van der Waals surface area contributed by atoms with E-state index in [9.17, 15) is 19.7 Å². The van der Waals surface area contributed by atoms with Crippen LogP contribution in [0.1, 0.15) is 12.2 Å². The molecule has 27 heavy (non-hydrogen) atoms. The lowest BCUT2D eigenvalue weighted by atomic mass is 10.1. The van der Waals surface area contributed by atoms with E-state index in [4.69, 9.17) is 21.7 Å². The Morgan fingerprint density at radius 3 is 2.63 bits per heavy atom. The first-order valence-electron chi connectivity index (χ1n) is 7.67. The van der Waals surface area contributed by atoms with Crippen LogP contribution in [0.3, 0.4) is 0 Å². The van der Waals surface area contributed by atoms with Crippen molar-refractivity contribution in [3.05, 3.63) is 57.2 Å². The molecule has 0 bridgehead atoms. The van der Waals surface area contributed by atoms with Crippen LogP contribution < -0.4 is 0 Å². The van der Waals surface area contributed by atoms with E-state index in [-0.39, 0.29) is 24.6 Å². The third-order valence-corrected chi connectivity index (χ3v) is 5.06. The van der Waals surface area contributed by atoms with Gasteiger partial charge in [0.15, 0.2) is 0 Å². The van der Waals surface area contributed by atoms with Crippen LogP contribution in [0.15, 0.2) is 45.7 Å². The number of carbonyl (C=O) groups is 2. The monoisotopic (exact) mass is 404 g/mol. The number of non-ortho nitro benzene ring substituents is 1. The SMILES string of the molecule is O=C(O)CCN1C(=O)/C(=C\c2ccc(-c3ccc([N+](=O)[O-])cc3)o2)SC1=S. The maximum absolute atomic E-state index is 12.4. The van der Waals surface area contributed by atoms with E-state index in [1.807, 2.05) is 0 Å². The molecule has 0 spiro atoms. The van der Waals surface area contributed by atoms with Gasteiger partial charge in [0.1, 0.15) is 15.8 Å². The summed E-state index contributed by atoms with van der Waals surface area (Å²) in [5.74, 6) is -0.453. The Kier molecular flexibility index (Phi) is 5.38. The Hall–Kier alpha value is -2.98. The number of carbonyl (C=O) groups excluding carboxylic acids is 1. The van der Waals surface area contributed by atoms with Gasteiger partial charge in [0.2, 0.25) is 0 Å². The fraction of sp³-hybridized carbons (Fsp3) is 0.118. The van der Waals surface area contributed by atoms with Gasteiger partial charge in [-0.2, -0.15) is 0 Å². The molecular formula is C17H12N2O6S2. The van der Waals surface area contributed by atoms with Crippen LogP contribution in [0, 0.1) is 10.1 Å². The molecule has 1 aromatic carbocycles. The molecule has 138 valence electrons. The molecule has 1 N–H and O–H groups in total. The normalized spacial score (nSPS) is 15.6. The van der Waals surface area contributed by atoms with Crippen LogP contribution in [0.25, 0.3) is 17.4 Å². The van der Waals surface area contributed by atoms with E-state index in [1.54, 1.807) is 24.3 Å². The number of hydrogen-bond donors (Lipinski definition) is 1. The number of benzene rings is 1. The van der Waals surface area contributed by atoms with Crippen molar-refractivity contribution < 1.29 is 24.0 Å². The highest BCUT2D eigenvalue weighted by atomic mass is 32.2. The molecule has 0 atom stereocenters. The minimum atomic E-state index is -1.01. The van der Waals surface area contributed by atoms with E-state index >= 15 is 0 Å². The van der Waals surface area contributed by atoms with Crippen molar-refractivity contribution in [1.29, 1.82) is 0 Å². The van der Waals surface area contributed by atoms with Gasteiger partial charge in [-0.3, -0.25) is 24.6 Å². The summed E-state index contributed by atoms with van der Waals surface area (Å²) in [6.07, 6.45) is 1.35. The van der Waals surface area contributed by atoms with Gasteiger partial charge in [-0.15, -0.1) is 0 Å². The topological polar surface area (TPSA) is 114 Å². The van der Waals surface area contributed by atoms with E-state index in [2.05, 4.69) is 0 Å². The van der Waals surface area contributed by atoms with E-state index in [0.717, 1.165) is 11.8 Å². The lowest BCUT2D eigenvalue weighted by molar-refractivity contribution is -0.384. The molecule has 1 aliphatic heterocycles. The number of carboxylic acid groups (broad SMARTS) is 1. The first-order chi connectivity index (χ1) is 12.8. The molecule has 0 unspecified atom stereocenters. The zero-order valence-electron chi connectivity index (χ0n) is 13.7. The number of thioether (sulfide) groups is 1. The molecule has 1 fully saturated rings. The summed E-state index contributed by atoms with van der Waals surface area (Å²) in [6, 6.07) is 9.27. The van der Waals surface area contributed by atoms with Gasteiger partial charge in [0, 0.05) is 30.3 Å². The average Bonchev–Trinajstić information content (AvgIpc) is 3.19. The van der Waals surface area contributed by atoms with Crippen LogP contribution in [0.4, 0.5) is 5.69 Å². The average molecular weight is 404 g/mol. The molecule has 1 saturated heterocycles. The minimum Gasteiger partial charge on any atom is -0.481 e. The Morgan fingerprint density at radius 1 is 1.30 bits per heavy atom. The second-order valence-electron chi connectivity index (χ2n) is 5.48. The molecule has 2 heterocycles. The number of furan rings is 1. The quantitative estimate of drug-likeness (QED) is 0.337. The molecule has 0 aliphatic carbocycles. The van der Waals surface area contributed by atoms with Gasteiger partial charge in [0.25, 0.3) is 11.6 Å². The van der Waals surface area contributed by atoms with E-state index in [1.165, 1.54) is 23.1 Å². The second kappa shape index (κ2) is 7.72. The number of aliphatic carboxylic acids is 1. The Balaban J connectivity index is 1.76. The third kappa shape index (κ3) is 4.23. The number of rotatable bonds is 6. The van der Waals surface area contributed by atoms with Crippen molar-refractivity contribution in [3.8, 4) is 11.3 Å². The molecule has 0 saturated carbocycles. The third-order valence-electron chi connectivity index (χ3n) is 3.69. The highest BCUT2D eigenvalue weighted by Crippen LogP contribution is 2.33. The predicted octanol–water partition coefficient (Wildman–Crippen LogP) is 3.53. The van der Waals surface area contributed by atoms with Crippen molar-refractivity contribution in [2.24, 2.45) is 0 Å². The summed E-state index contributed by atoms with van der Waals surface area (Å²) >= 11 is 6.21. The zero-order chi connectivity index (χ0) is 19.6. The van der Waals surface area contributed by atoms with E-state index in [0.29, 0.717) is 26.3 Å². The number of nitrogens with zero attached hydrogens (tertiary/aromatic N) is 2. The van der Waals surface area contributed by atoms with Crippen LogP contribution >= 0.6 is 24.0 Å². The molecule has 10 heteroatoms. The van der Waals surface area contributed by atoms with Crippen molar-refractivity contribution in [2.45, 2.75) is 6.42 Å². The predicted molar refractivity (Wildman–Crippen MR) is 103 cm³/mol. The summed E-state index contributed by atoms with van der Waals surface area (Å²) in [4.78, 5) is 34.9. The number of carboxylic acids is 1. The highest BCUT2D eigenvalue weighted by molar-refractivity contribution is 8.26. The standard InChI is InChI=1S/C17H12N2O6S2/c20-15(21)7-8-18-16(22)14(27-17(18)26)9-12-5-6-13(25-12)10-1-3-11(4-2-10)19(23)24/h1-6,9H,7-8H2,(H,20,21)/b14-9+. The Labute approximate surface area is 162 Å². The van der Waals surface area contributed by atoms with Crippen molar-refractivity contribution in [1.82, 2.24) is 4.90 Å². The first-order valence-corrected chi connectivity index (χ1v) is 8.89. The molecule has 1 amide bonds.